The second-order valence-electron chi connectivity index (χ2n) is 9.20. The molecule has 1 amide bonds. The molecule has 0 radical (unpaired) electrons. The van der Waals surface area contributed by atoms with Gasteiger partial charge in [0.25, 0.3) is 5.91 Å². The molecule has 1 N–H and O–H groups in total. The van der Waals surface area contributed by atoms with E-state index >= 15 is 0 Å². The lowest BCUT2D eigenvalue weighted by Gasteiger charge is -2.23. The van der Waals surface area contributed by atoms with Crippen molar-refractivity contribution >= 4 is 5.91 Å². The first-order valence-electron chi connectivity index (χ1n) is 11.7. The Labute approximate surface area is 199 Å². The first-order chi connectivity index (χ1) is 16.5. The number of fused-ring (bicyclic) bond motifs is 1. The van der Waals surface area contributed by atoms with E-state index in [9.17, 15) is 9.18 Å². The van der Waals surface area contributed by atoms with Gasteiger partial charge in [-0.25, -0.2) is 9.37 Å². The molecule has 34 heavy (non-hydrogen) atoms. The zero-order chi connectivity index (χ0) is 23.7. The molecule has 1 unspecified atom stereocenters. The minimum atomic E-state index is -0.400. The summed E-state index contributed by atoms with van der Waals surface area (Å²) in [5.74, 6) is 0.767. The van der Waals surface area contributed by atoms with Gasteiger partial charge in [0.05, 0.1) is 5.69 Å². The molecule has 1 aromatic heterocycles. The monoisotopic (exact) mass is 453 g/mol. The number of nitrogens with zero attached hydrogens (tertiary/aromatic N) is 2. The van der Waals surface area contributed by atoms with Gasteiger partial charge in [0.15, 0.2) is 0 Å². The molecule has 4 nitrogen and oxygen atoms in total. The van der Waals surface area contributed by atoms with Crippen molar-refractivity contribution in [3.05, 3.63) is 101 Å². The van der Waals surface area contributed by atoms with E-state index in [0.717, 1.165) is 36.5 Å². The largest absolute Gasteiger partial charge is 0.352 e. The molecule has 1 atom stereocenters. The van der Waals surface area contributed by atoms with Crippen LogP contribution in [-0.2, 0) is 13.0 Å². The Morgan fingerprint density at radius 2 is 1.76 bits per heavy atom. The normalized spacial score (nSPS) is 15.1. The lowest BCUT2D eigenvalue weighted by atomic mass is 9.99. The van der Waals surface area contributed by atoms with E-state index in [0.29, 0.717) is 18.0 Å². The van der Waals surface area contributed by atoms with E-state index in [1.807, 2.05) is 0 Å². The van der Waals surface area contributed by atoms with Crippen molar-refractivity contribution in [3.8, 4) is 22.4 Å². The standard InChI is InChI=1S/C29H28FN3O/c1-19-6-8-24(14-20(19)2)22-9-11-23(12-10-22)27-18-33-17-21(7-13-28(33)32-27)16-31-29(34)25-4-3-5-26(30)15-25/h3-6,8-12,14-15,18,21H,7,13,16-17H2,1-2H3,(H,31,34). The maximum absolute atomic E-state index is 13.4. The van der Waals surface area contributed by atoms with Crippen LogP contribution in [0.3, 0.4) is 0 Å². The Morgan fingerprint density at radius 1 is 1.00 bits per heavy atom. The second kappa shape index (κ2) is 9.26. The van der Waals surface area contributed by atoms with Crippen molar-refractivity contribution in [1.29, 1.82) is 0 Å². The average molecular weight is 454 g/mol. The molecular weight excluding hydrogens is 425 g/mol. The van der Waals surface area contributed by atoms with Crippen LogP contribution in [0.5, 0.6) is 0 Å². The maximum atomic E-state index is 13.4. The van der Waals surface area contributed by atoms with Gasteiger partial charge in [0, 0.05) is 36.8 Å². The van der Waals surface area contributed by atoms with Gasteiger partial charge < -0.3 is 9.88 Å². The van der Waals surface area contributed by atoms with Crippen molar-refractivity contribution in [2.45, 2.75) is 33.2 Å². The zero-order valence-electron chi connectivity index (χ0n) is 19.5. The van der Waals surface area contributed by atoms with Crippen LogP contribution in [0, 0.1) is 25.6 Å². The Kier molecular flexibility index (Phi) is 6.01. The lowest BCUT2D eigenvalue weighted by Crippen LogP contribution is -2.33. The molecule has 0 aliphatic carbocycles. The Hall–Kier alpha value is -3.73. The summed E-state index contributed by atoms with van der Waals surface area (Å²) in [7, 11) is 0. The van der Waals surface area contributed by atoms with Gasteiger partial charge in [0.2, 0.25) is 0 Å². The van der Waals surface area contributed by atoms with E-state index in [1.165, 1.54) is 34.4 Å². The Morgan fingerprint density at radius 3 is 2.53 bits per heavy atom. The van der Waals surface area contributed by atoms with Crippen molar-refractivity contribution in [3.63, 3.8) is 0 Å². The van der Waals surface area contributed by atoms with Crippen LogP contribution in [0.25, 0.3) is 22.4 Å². The van der Waals surface area contributed by atoms with E-state index in [-0.39, 0.29) is 5.91 Å². The molecule has 1 aliphatic rings. The molecule has 172 valence electrons. The van der Waals surface area contributed by atoms with Crippen molar-refractivity contribution in [1.82, 2.24) is 14.9 Å². The summed E-state index contributed by atoms with van der Waals surface area (Å²) < 4.78 is 15.6. The molecule has 0 spiro atoms. The number of halogens is 1. The molecule has 3 aromatic carbocycles. The van der Waals surface area contributed by atoms with Crippen LogP contribution in [0.4, 0.5) is 4.39 Å². The van der Waals surface area contributed by atoms with Gasteiger partial charge in [-0.05, 0) is 66.6 Å². The number of hydrogen-bond acceptors (Lipinski definition) is 2. The van der Waals surface area contributed by atoms with Gasteiger partial charge in [0.1, 0.15) is 11.6 Å². The quantitative estimate of drug-likeness (QED) is 0.405. The molecule has 0 saturated heterocycles. The van der Waals surface area contributed by atoms with Crippen LogP contribution < -0.4 is 5.32 Å². The number of aryl methyl sites for hydroxylation is 3. The van der Waals surface area contributed by atoms with Gasteiger partial charge in [-0.2, -0.15) is 0 Å². The Bertz CT molecular complexity index is 1340. The molecule has 4 aromatic rings. The topological polar surface area (TPSA) is 46.9 Å². The van der Waals surface area contributed by atoms with E-state index in [1.54, 1.807) is 12.1 Å². The highest BCUT2D eigenvalue weighted by Gasteiger charge is 2.21. The first kappa shape index (κ1) is 22.1. The third kappa shape index (κ3) is 4.65. The van der Waals surface area contributed by atoms with Crippen molar-refractivity contribution in [2.24, 2.45) is 5.92 Å². The molecular formula is C29H28FN3O. The van der Waals surface area contributed by atoms with Gasteiger partial charge >= 0.3 is 0 Å². The minimum absolute atomic E-state index is 0.236. The summed E-state index contributed by atoms with van der Waals surface area (Å²) in [6.45, 7) is 5.65. The number of nitrogens with one attached hydrogen (secondary N) is 1. The third-order valence-corrected chi connectivity index (χ3v) is 6.75. The molecule has 1 aliphatic heterocycles. The third-order valence-electron chi connectivity index (χ3n) is 6.75. The summed E-state index contributed by atoms with van der Waals surface area (Å²) in [5.41, 5.74) is 7.45. The number of hydrogen-bond donors (Lipinski definition) is 1. The van der Waals surface area contributed by atoms with E-state index in [4.69, 9.17) is 4.98 Å². The van der Waals surface area contributed by atoms with Crippen LogP contribution in [0.2, 0.25) is 0 Å². The van der Waals surface area contributed by atoms with Crippen LogP contribution in [0.1, 0.15) is 33.7 Å². The predicted molar refractivity (Wildman–Crippen MR) is 133 cm³/mol. The highest BCUT2D eigenvalue weighted by atomic mass is 19.1. The summed E-state index contributed by atoms with van der Waals surface area (Å²) >= 11 is 0. The molecule has 0 saturated carbocycles. The highest BCUT2D eigenvalue weighted by molar-refractivity contribution is 5.94. The van der Waals surface area contributed by atoms with Crippen LogP contribution in [-0.4, -0.2) is 22.0 Å². The second-order valence-corrected chi connectivity index (χ2v) is 9.20. The number of amides is 1. The molecule has 2 heterocycles. The van der Waals surface area contributed by atoms with Gasteiger partial charge in [-0.3, -0.25) is 4.79 Å². The smallest absolute Gasteiger partial charge is 0.251 e. The van der Waals surface area contributed by atoms with Gasteiger partial charge in [-0.1, -0.05) is 48.5 Å². The van der Waals surface area contributed by atoms with Crippen molar-refractivity contribution < 1.29 is 9.18 Å². The predicted octanol–water partition coefficient (Wildman–Crippen LogP) is 5.97. The average Bonchev–Trinajstić information content (AvgIpc) is 3.28. The van der Waals surface area contributed by atoms with Crippen LogP contribution >= 0.6 is 0 Å². The fourth-order valence-electron chi connectivity index (χ4n) is 4.54. The summed E-state index contributed by atoms with van der Waals surface area (Å²) in [4.78, 5) is 17.2. The fraction of sp³-hybridized carbons (Fsp3) is 0.241. The lowest BCUT2D eigenvalue weighted by molar-refractivity contribution is 0.0943. The van der Waals surface area contributed by atoms with Crippen LogP contribution in [0.15, 0.2) is 72.9 Å². The Balaban J connectivity index is 1.24. The molecule has 5 heteroatoms. The molecule has 0 bridgehead atoms. The minimum Gasteiger partial charge on any atom is -0.352 e. The number of aromatic nitrogens is 2. The highest BCUT2D eigenvalue weighted by Crippen LogP contribution is 2.28. The summed E-state index contributed by atoms with van der Waals surface area (Å²) in [6.07, 6.45) is 3.95. The number of carbonyl (C=O) groups excluding carboxylic acids is 1. The first-order valence-corrected chi connectivity index (χ1v) is 11.7. The van der Waals surface area contributed by atoms with E-state index < -0.39 is 5.82 Å². The SMILES string of the molecule is Cc1ccc(-c2ccc(-c3cn4c(n3)CCC(CNC(=O)c3cccc(F)c3)C4)cc2)cc1C. The number of rotatable bonds is 5. The van der Waals surface area contributed by atoms with E-state index in [2.05, 4.69) is 72.4 Å². The maximum Gasteiger partial charge on any atom is 0.251 e. The molecule has 5 rings (SSSR count). The molecule has 0 fully saturated rings. The number of carbonyl (C=O) groups is 1. The van der Waals surface area contributed by atoms with Crippen molar-refractivity contribution in [2.75, 3.05) is 6.54 Å². The zero-order valence-corrected chi connectivity index (χ0v) is 19.5. The number of benzene rings is 3. The summed E-state index contributed by atoms with van der Waals surface area (Å²) in [5, 5.41) is 2.95. The summed E-state index contributed by atoms with van der Waals surface area (Å²) in [6, 6.07) is 20.9. The number of imidazole rings is 1. The fourth-order valence-corrected chi connectivity index (χ4v) is 4.54. The van der Waals surface area contributed by atoms with Gasteiger partial charge in [-0.15, -0.1) is 0 Å².